The number of hydrogen-bond donors (Lipinski definition) is 2. The molecule has 3 atom stereocenters. The third-order valence-electron chi connectivity index (χ3n) is 4.29. The highest BCUT2D eigenvalue weighted by molar-refractivity contribution is 6.42. The largest absolute Gasteiger partial charge is 0.472 e. The molecule has 0 saturated carbocycles. The van der Waals surface area contributed by atoms with Crippen LogP contribution in [-0.4, -0.2) is 29.4 Å². The molecule has 0 aliphatic carbocycles. The van der Waals surface area contributed by atoms with Gasteiger partial charge in [-0.3, -0.25) is 0 Å². The Hall–Kier alpha value is -1.37. The van der Waals surface area contributed by atoms with Gasteiger partial charge in [0.05, 0.1) is 35.4 Å². The van der Waals surface area contributed by atoms with Crippen LogP contribution in [0.25, 0.3) is 0 Å². The Bertz CT molecular complexity index is 751. The summed E-state index contributed by atoms with van der Waals surface area (Å²) in [6.07, 6.45) is 1.56. The number of halogens is 2. The molecule has 25 heavy (non-hydrogen) atoms. The number of aromatic nitrogens is 1. The van der Waals surface area contributed by atoms with Crippen molar-refractivity contribution in [1.29, 1.82) is 0 Å². The van der Waals surface area contributed by atoms with E-state index in [-0.39, 0.29) is 6.10 Å². The molecule has 1 aliphatic rings. The van der Waals surface area contributed by atoms with Crippen LogP contribution in [0.15, 0.2) is 30.5 Å². The third kappa shape index (κ3) is 4.25. The smallest absolute Gasteiger partial charge is 0.213 e. The average Bonchev–Trinajstić information content (AvgIpc) is 3.09. The summed E-state index contributed by atoms with van der Waals surface area (Å²) < 4.78 is 11.1. The zero-order valence-electron chi connectivity index (χ0n) is 13.8. The van der Waals surface area contributed by atoms with Crippen LogP contribution in [0.1, 0.15) is 35.3 Å². The summed E-state index contributed by atoms with van der Waals surface area (Å²) in [5.41, 5.74) is 8.40. The van der Waals surface area contributed by atoms with Crippen LogP contribution in [0, 0.1) is 6.92 Å². The highest BCUT2D eigenvalue weighted by Crippen LogP contribution is 2.32. The number of aryl methyl sites for hydroxylation is 1. The van der Waals surface area contributed by atoms with E-state index in [1.165, 1.54) is 0 Å². The van der Waals surface area contributed by atoms with E-state index in [2.05, 4.69) is 4.98 Å². The average molecular weight is 383 g/mol. The van der Waals surface area contributed by atoms with Gasteiger partial charge in [-0.2, -0.15) is 0 Å². The van der Waals surface area contributed by atoms with Crippen LogP contribution in [0.4, 0.5) is 0 Å². The molecule has 2 aromatic rings. The Morgan fingerprint density at radius 3 is 2.76 bits per heavy atom. The first-order valence-electron chi connectivity index (χ1n) is 8.05. The minimum atomic E-state index is -0.923. The standard InChI is InChI=1S/C18H20Cl2N2O3/c1-10-6-16(25-12-4-5-24-9-12)22-8-13(10)18(23)17(21)11-2-3-14(19)15(20)7-11/h2-3,6-8,12,17-18,23H,4-5,9,21H2,1H3. The summed E-state index contributed by atoms with van der Waals surface area (Å²) in [7, 11) is 0. The molecule has 1 aromatic carbocycles. The Morgan fingerprint density at radius 1 is 1.32 bits per heavy atom. The minimum absolute atomic E-state index is 0.0288. The van der Waals surface area contributed by atoms with Gasteiger partial charge in [0, 0.05) is 24.2 Å². The molecule has 7 heteroatoms. The third-order valence-corrected chi connectivity index (χ3v) is 5.03. The lowest BCUT2D eigenvalue weighted by Crippen LogP contribution is -2.21. The summed E-state index contributed by atoms with van der Waals surface area (Å²) in [6.45, 7) is 3.17. The summed E-state index contributed by atoms with van der Waals surface area (Å²) >= 11 is 12.0. The fourth-order valence-electron chi connectivity index (χ4n) is 2.79. The molecule has 1 aliphatic heterocycles. The lowest BCUT2D eigenvalue weighted by Gasteiger charge is -2.22. The summed E-state index contributed by atoms with van der Waals surface area (Å²) in [4.78, 5) is 4.29. The van der Waals surface area contributed by atoms with Gasteiger partial charge in [0.15, 0.2) is 0 Å². The van der Waals surface area contributed by atoms with Gasteiger partial charge in [-0.15, -0.1) is 0 Å². The lowest BCUT2D eigenvalue weighted by atomic mass is 9.95. The van der Waals surface area contributed by atoms with Crippen molar-refractivity contribution >= 4 is 23.2 Å². The molecule has 0 bridgehead atoms. The molecule has 3 rings (SSSR count). The van der Waals surface area contributed by atoms with E-state index in [0.717, 1.165) is 12.0 Å². The van der Waals surface area contributed by atoms with E-state index in [4.69, 9.17) is 38.4 Å². The van der Waals surface area contributed by atoms with Gasteiger partial charge in [-0.1, -0.05) is 29.3 Å². The van der Waals surface area contributed by atoms with Crippen molar-refractivity contribution < 1.29 is 14.6 Å². The highest BCUT2D eigenvalue weighted by Gasteiger charge is 2.23. The van der Waals surface area contributed by atoms with Gasteiger partial charge in [-0.25, -0.2) is 4.98 Å². The number of rotatable bonds is 5. The topological polar surface area (TPSA) is 77.6 Å². The van der Waals surface area contributed by atoms with Crippen molar-refractivity contribution in [2.24, 2.45) is 5.73 Å². The molecule has 1 fully saturated rings. The maximum absolute atomic E-state index is 10.7. The second-order valence-electron chi connectivity index (χ2n) is 6.13. The molecule has 0 radical (unpaired) electrons. The first kappa shape index (κ1) is 18.4. The van der Waals surface area contributed by atoms with Crippen LogP contribution in [-0.2, 0) is 4.74 Å². The SMILES string of the molecule is Cc1cc(OC2CCOC2)ncc1C(O)C(N)c1ccc(Cl)c(Cl)c1. The number of benzene rings is 1. The molecule has 1 aromatic heterocycles. The Balaban J connectivity index is 1.76. The second-order valence-corrected chi connectivity index (χ2v) is 6.94. The van der Waals surface area contributed by atoms with Gasteiger partial charge in [-0.05, 0) is 30.2 Å². The van der Waals surface area contributed by atoms with E-state index in [1.807, 2.05) is 6.92 Å². The minimum Gasteiger partial charge on any atom is -0.472 e. The first-order chi connectivity index (χ1) is 12.0. The molecule has 5 nitrogen and oxygen atoms in total. The van der Waals surface area contributed by atoms with Gasteiger partial charge in [0.2, 0.25) is 5.88 Å². The molecule has 134 valence electrons. The summed E-state index contributed by atoms with van der Waals surface area (Å²) in [5, 5.41) is 11.5. The van der Waals surface area contributed by atoms with Crippen molar-refractivity contribution in [3.8, 4) is 5.88 Å². The molecule has 3 N–H and O–H groups in total. The van der Waals surface area contributed by atoms with Gasteiger partial charge >= 0.3 is 0 Å². The number of aliphatic hydroxyl groups is 1. The molecule has 0 spiro atoms. The molecular formula is C18H20Cl2N2O3. The quantitative estimate of drug-likeness (QED) is 0.825. The van der Waals surface area contributed by atoms with Crippen LogP contribution in [0.3, 0.4) is 0 Å². The predicted octanol–water partition coefficient (Wildman–Crippen LogP) is 3.60. The van der Waals surface area contributed by atoms with Crippen molar-refractivity contribution in [3.05, 3.63) is 57.2 Å². The summed E-state index contributed by atoms with van der Waals surface area (Å²) in [6, 6.07) is 6.24. The van der Waals surface area contributed by atoms with E-state index in [0.29, 0.717) is 40.3 Å². The molecule has 2 heterocycles. The molecule has 1 saturated heterocycles. The molecular weight excluding hydrogens is 363 g/mol. The predicted molar refractivity (Wildman–Crippen MR) is 97.2 cm³/mol. The zero-order valence-corrected chi connectivity index (χ0v) is 15.3. The Kier molecular flexibility index (Phi) is 5.81. The lowest BCUT2D eigenvalue weighted by molar-refractivity contribution is 0.136. The monoisotopic (exact) mass is 382 g/mol. The maximum Gasteiger partial charge on any atom is 0.213 e. The van der Waals surface area contributed by atoms with E-state index in [9.17, 15) is 5.11 Å². The Labute approximate surface area is 156 Å². The van der Waals surface area contributed by atoms with Gasteiger partial charge in [0.25, 0.3) is 0 Å². The van der Waals surface area contributed by atoms with Crippen molar-refractivity contribution in [2.45, 2.75) is 31.6 Å². The van der Waals surface area contributed by atoms with Crippen molar-refractivity contribution in [2.75, 3.05) is 13.2 Å². The van der Waals surface area contributed by atoms with Crippen LogP contribution in [0.2, 0.25) is 10.0 Å². The number of hydrogen-bond acceptors (Lipinski definition) is 5. The Morgan fingerprint density at radius 2 is 2.12 bits per heavy atom. The fourth-order valence-corrected chi connectivity index (χ4v) is 3.09. The highest BCUT2D eigenvalue weighted by atomic mass is 35.5. The first-order valence-corrected chi connectivity index (χ1v) is 8.81. The van der Waals surface area contributed by atoms with Crippen molar-refractivity contribution in [3.63, 3.8) is 0 Å². The molecule has 3 unspecified atom stereocenters. The van der Waals surface area contributed by atoms with E-state index in [1.54, 1.807) is 30.5 Å². The number of nitrogens with zero attached hydrogens (tertiary/aromatic N) is 1. The van der Waals surface area contributed by atoms with Gasteiger partial charge < -0.3 is 20.3 Å². The zero-order chi connectivity index (χ0) is 18.0. The number of nitrogens with two attached hydrogens (primary N) is 1. The van der Waals surface area contributed by atoms with Crippen LogP contribution < -0.4 is 10.5 Å². The number of ether oxygens (including phenoxy) is 2. The summed E-state index contributed by atoms with van der Waals surface area (Å²) in [5.74, 6) is 0.520. The molecule has 0 amide bonds. The van der Waals surface area contributed by atoms with Gasteiger partial charge in [0.1, 0.15) is 6.10 Å². The second kappa shape index (κ2) is 7.89. The number of pyridine rings is 1. The van der Waals surface area contributed by atoms with Crippen LogP contribution in [0.5, 0.6) is 5.88 Å². The fraction of sp³-hybridized carbons (Fsp3) is 0.389. The van der Waals surface area contributed by atoms with Crippen molar-refractivity contribution in [1.82, 2.24) is 4.98 Å². The maximum atomic E-state index is 10.7. The van der Waals surface area contributed by atoms with E-state index < -0.39 is 12.1 Å². The van der Waals surface area contributed by atoms with Crippen LogP contribution >= 0.6 is 23.2 Å². The van der Waals surface area contributed by atoms with E-state index >= 15 is 0 Å². The normalized spacial score (nSPS) is 19.6. The number of aliphatic hydroxyl groups excluding tert-OH is 1.